The van der Waals surface area contributed by atoms with Crippen molar-refractivity contribution in [2.24, 2.45) is 0 Å². The van der Waals surface area contributed by atoms with Crippen LogP contribution in [0, 0.1) is 11.6 Å². The van der Waals surface area contributed by atoms with E-state index in [0.717, 1.165) is 28.8 Å². The zero-order valence-corrected chi connectivity index (χ0v) is 20.7. The van der Waals surface area contributed by atoms with E-state index in [1.54, 1.807) is 18.7 Å². The Hall–Kier alpha value is -3.30. The minimum atomic E-state index is -1.05. The molecule has 0 saturated carbocycles. The highest BCUT2D eigenvalue weighted by Gasteiger charge is 2.26. The maximum absolute atomic E-state index is 13.8. The Morgan fingerprint density at radius 3 is 2.69 bits per heavy atom. The second kappa shape index (κ2) is 10.4. The van der Waals surface area contributed by atoms with Gasteiger partial charge in [-0.25, -0.2) is 13.8 Å². The number of carbonyl (C=O) groups excluding carboxylic acids is 1. The Balaban J connectivity index is 1.43. The minimum Gasteiger partial charge on any atom is -0.471 e. The van der Waals surface area contributed by atoms with Crippen LogP contribution >= 0.6 is 11.6 Å². The van der Waals surface area contributed by atoms with Crippen LogP contribution in [-0.4, -0.2) is 37.6 Å². The van der Waals surface area contributed by atoms with Gasteiger partial charge in [-0.1, -0.05) is 29.8 Å². The van der Waals surface area contributed by atoms with Crippen LogP contribution in [0.15, 0.2) is 47.5 Å². The third-order valence-corrected chi connectivity index (χ3v) is 6.23. The van der Waals surface area contributed by atoms with Crippen LogP contribution in [0.25, 0.3) is 0 Å². The fourth-order valence-electron chi connectivity index (χ4n) is 4.04. The topological polar surface area (TPSA) is 84.7 Å². The first-order chi connectivity index (χ1) is 17.0. The lowest BCUT2D eigenvalue weighted by molar-refractivity contribution is -0.136. The van der Waals surface area contributed by atoms with E-state index in [1.807, 2.05) is 18.2 Å². The quantitative estimate of drug-likeness (QED) is 0.514. The summed E-state index contributed by atoms with van der Waals surface area (Å²) in [5.41, 5.74) is 1.52. The van der Waals surface area contributed by atoms with Crippen LogP contribution in [0.1, 0.15) is 42.5 Å². The first kappa shape index (κ1) is 25.8. The van der Waals surface area contributed by atoms with Crippen LogP contribution in [-0.2, 0) is 30.9 Å². The summed E-state index contributed by atoms with van der Waals surface area (Å²) >= 11 is 6.17. The van der Waals surface area contributed by atoms with Crippen molar-refractivity contribution in [3.8, 4) is 5.88 Å². The number of carbonyl (C=O) groups is 1. The molecule has 0 bridgehead atoms. The van der Waals surface area contributed by atoms with E-state index < -0.39 is 22.8 Å². The number of rotatable bonds is 7. The Morgan fingerprint density at radius 2 is 1.97 bits per heavy atom. The highest BCUT2D eigenvalue weighted by Crippen LogP contribution is 2.23. The van der Waals surface area contributed by atoms with E-state index >= 15 is 0 Å². The van der Waals surface area contributed by atoms with Crippen molar-refractivity contribution in [2.75, 3.05) is 6.54 Å². The summed E-state index contributed by atoms with van der Waals surface area (Å²) < 4.78 is 33.6. The van der Waals surface area contributed by atoms with Gasteiger partial charge in [0.2, 0.25) is 11.8 Å². The van der Waals surface area contributed by atoms with Gasteiger partial charge in [0.25, 0.3) is 5.56 Å². The van der Waals surface area contributed by atoms with E-state index in [9.17, 15) is 23.5 Å². The molecule has 2 aromatic carbocycles. The minimum absolute atomic E-state index is 0.0651. The van der Waals surface area contributed by atoms with Crippen molar-refractivity contribution in [2.45, 2.75) is 52.0 Å². The molecule has 190 valence electrons. The molecule has 1 aliphatic rings. The number of amides is 1. The molecule has 1 amide bonds. The molecule has 4 rings (SSSR count). The van der Waals surface area contributed by atoms with Gasteiger partial charge in [0, 0.05) is 24.7 Å². The fourth-order valence-corrected chi connectivity index (χ4v) is 4.25. The van der Waals surface area contributed by atoms with Gasteiger partial charge >= 0.3 is 0 Å². The van der Waals surface area contributed by atoms with Gasteiger partial charge in [0.05, 0.1) is 18.6 Å². The number of fused-ring (bicyclic) bond motifs is 1. The van der Waals surface area contributed by atoms with Gasteiger partial charge in [-0.15, -0.1) is 0 Å². The van der Waals surface area contributed by atoms with Crippen molar-refractivity contribution in [1.82, 2.24) is 14.5 Å². The van der Waals surface area contributed by atoms with Gasteiger partial charge < -0.3 is 14.7 Å². The van der Waals surface area contributed by atoms with E-state index in [1.165, 1.54) is 17.0 Å². The zero-order chi connectivity index (χ0) is 26.0. The summed E-state index contributed by atoms with van der Waals surface area (Å²) in [6.07, 6.45) is 2.04. The number of hydrogen-bond acceptors (Lipinski definition) is 5. The van der Waals surface area contributed by atoms with Crippen molar-refractivity contribution in [3.63, 3.8) is 0 Å². The molecule has 1 aliphatic heterocycles. The van der Waals surface area contributed by atoms with Crippen LogP contribution in [0.3, 0.4) is 0 Å². The second-order valence-electron chi connectivity index (χ2n) is 9.48. The van der Waals surface area contributed by atoms with Gasteiger partial charge in [-0.3, -0.25) is 14.2 Å². The summed E-state index contributed by atoms with van der Waals surface area (Å²) in [6, 6.07) is 8.91. The zero-order valence-electron chi connectivity index (χ0n) is 19.9. The van der Waals surface area contributed by atoms with Crippen LogP contribution < -0.4 is 10.3 Å². The van der Waals surface area contributed by atoms with Crippen molar-refractivity contribution in [1.29, 1.82) is 0 Å². The Bertz CT molecular complexity index is 1350. The monoisotopic (exact) mass is 517 g/mol. The normalized spacial score (nSPS) is 13.4. The van der Waals surface area contributed by atoms with Gasteiger partial charge in [-0.05, 0) is 49.1 Å². The van der Waals surface area contributed by atoms with E-state index in [4.69, 9.17) is 16.3 Å². The first-order valence-electron chi connectivity index (χ1n) is 11.4. The lowest BCUT2D eigenvalue weighted by Gasteiger charge is -2.31. The summed E-state index contributed by atoms with van der Waals surface area (Å²) in [5, 5.41) is 9.69. The molecule has 3 aromatic rings. The number of benzene rings is 2. The second-order valence-corrected chi connectivity index (χ2v) is 9.86. The summed E-state index contributed by atoms with van der Waals surface area (Å²) in [6.45, 7) is 4.22. The van der Waals surface area contributed by atoms with E-state index in [2.05, 4.69) is 4.98 Å². The number of hydrogen-bond donors (Lipinski definition) is 1. The molecule has 10 heteroatoms. The third kappa shape index (κ3) is 6.09. The highest BCUT2D eigenvalue weighted by atomic mass is 35.5. The lowest BCUT2D eigenvalue weighted by atomic mass is 9.96. The SMILES string of the molecule is CC(C)(O)CC(=O)N1CCc2cc(Cn3cnc(OCc4ccc(F)cc4F)c(Cl)c3=O)ccc2C1. The highest BCUT2D eigenvalue weighted by molar-refractivity contribution is 6.31. The summed E-state index contributed by atoms with van der Waals surface area (Å²) in [5.74, 6) is -1.69. The summed E-state index contributed by atoms with van der Waals surface area (Å²) in [4.78, 5) is 31.0. The maximum Gasteiger partial charge on any atom is 0.276 e. The molecule has 0 fully saturated rings. The van der Waals surface area contributed by atoms with Gasteiger partial charge in [-0.2, -0.15) is 0 Å². The molecule has 0 unspecified atom stereocenters. The molecule has 1 aromatic heterocycles. The molecule has 0 aliphatic carbocycles. The van der Waals surface area contributed by atoms with Gasteiger partial charge in [0.1, 0.15) is 24.6 Å². The molecule has 0 atom stereocenters. The molecule has 0 spiro atoms. The molecular weight excluding hydrogens is 492 g/mol. The van der Waals surface area contributed by atoms with Crippen LogP contribution in [0.5, 0.6) is 5.88 Å². The molecule has 1 N–H and O–H groups in total. The van der Waals surface area contributed by atoms with Crippen LogP contribution in [0.2, 0.25) is 5.02 Å². The van der Waals surface area contributed by atoms with E-state index in [-0.39, 0.29) is 41.9 Å². The largest absolute Gasteiger partial charge is 0.471 e. The van der Waals surface area contributed by atoms with E-state index in [0.29, 0.717) is 19.5 Å². The Labute approximate surface area is 211 Å². The predicted molar refractivity (Wildman–Crippen MR) is 130 cm³/mol. The molecule has 7 nitrogen and oxygen atoms in total. The number of aromatic nitrogens is 2. The summed E-state index contributed by atoms with van der Waals surface area (Å²) in [7, 11) is 0. The molecule has 2 heterocycles. The number of halogens is 3. The Morgan fingerprint density at radius 1 is 1.19 bits per heavy atom. The van der Waals surface area contributed by atoms with Crippen LogP contribution in [0.4, 0.5) is 8.78 Å². The van der Waals surface area contributed by atoms with Crippen molar-refractivity contribution in [3.05, 3.63) is 92.0 Å². The lowest BCUT2D eigenvalue weighted by Crippen LogP contribution is -2.39. The predicted octanol–water partition coefficient (Wildman–Crippen LogP) is 3.85. The van der Waals surface area contributed by atoms with Gasteiger partial charge in [0.15, 0.2) is 5.02 Å². The average molecular weight is 518 g/mol. The molecule has 0 saturated heterocycles. The number of nitrogens with zero attached hydrogens (tertiary/aromatic N) is 3. The molecule has 36 heavy (non-hydrogen) atoms. The Kier molecular flexibility index (Phi) is 7.42. The molecule has 0 radical (unpaired) electrons. The standard InChI is InChI=1S/C26H26ClF2N3O4/c1-26(2,35)11-22(33)31-8-7-17-9-16(3-4-18(17)13-31)12-32-15-30-24(23(27)25(32)34)36-14-19-5-6-20(28)10-21(19)29/h3-6,9-10,15,35H,7-8,11-14H2,1-2H3. The molecular formula is C26H26ClF2N3O4. The number of aliphatic hydroxyl groups is 1. The fraction of sp³-hybridized carbons (Fsp3) is 0.346. The average Bonchev–Trinajstić information content (AvgIpc) is 2.81. The smallest absolute Gasteiger partial charge is 0.276 e. The first-order valence-corrected chi connectivity index (χ1v) is 11.8. The number of ether oxygens (including phenoxy) is 1. The van der Waals surface area contributed by atoms with Crippen molar-refractivity contribution < 1.29 is 23.4 Å². The maximum atomic E-state index is 13.8. The third-order valence-electron chi connectivity index (χ3n) is 5.90. The van der Waals surface area contributed by atoms with Crippen molar-refractivity contribution >= 4 is 17.5 Å².